The van der Waals surface area contributed by atoms with Gasteiger partial charge in [-0.1, -0.05) is 27.5 Å². The highest BCUT2D eigenvalue weighted by atomic mass is 79.9. The SMILES string of the molecule is Clc1ccc(C(Br)c2cc3c(s2)CCCC3)s1. The van der Waals surface area contributed by atoms with Crippen LogP contribution < -0.4 is 0 Å². The van der Waals surface area contributed by atoms with E-state index >= 15 is 0 Å². The average Bonchev–Trinajstić information content (AvgIpc) is 2.93. The third kappa shape index (κ3) is 2.48. The lowest BCUT2D eigenvalue weighted by Crippen LogP contribution is -1.96. The second kappa shape index (κ2) is 5.04. The molecule has 2 heterocycles. The Hall–Kier alpha value is 0.170. The first-order chi connectivity index (χ1) is 8.24. The smallest absolute Gasteiger partial charge is 0.0931 e. The molecule has 0 radical (unpaired) electrons. The molecule has 1 atom stereocenters. The van der Waals surface area contributed by atoms with Gasteiger partial charge in [-0.15, -0.1) is 22.7 Å². The third-order valence-corrected chi connectivity index (χ3v) is 7.30. The number of alkyl halides is 1. The van der Waals surface area contributed by atoms with Crippen LogP contribution in [0.5, 0.6) is 0 Å². The Balaban J connectivity index is 1.91. The van der Waals surface area contributed by atoms with Crippen LogP contribution in [0.25, 0.3) is 0 Å². The fraction of sp³-hybridized carbons (Fsp3) is 0.385. The molecule has 0 nitrogen and oxygen atoms in total. The normalized spacial score (nSPS) is 16.8. The number of fused-ring (bicyclic) bond motifs is 1. The van der Waals surface area contributed by atoms with Crippen LogP contribution in [0.2, 0.25) is 4.34 Å². The van der Waals surface area contributed by atoms with E-state index in [9.17, 15) is 0 Å². The molecule has 0 fully saturated rings. The minimum Gasteiger partial charge on any atom is -0.144 e. The van der Waals surface area contributed by atoms with Gasteiger partial charge >= 0.3 is 0 Å². The number of aryl methyl sites for hydroxylation is 2. The van der Waals surface area contributed by atoms with Gasteiger partial charge in [0.1, 0.15) is 0 Å². The minimum atomic E-state index is 0.315. The Kier molecular flexibility index (Phi) is 3.62. The highest BCUT2D eigenvalue weighted by Crippen LogP contribution is 2.42. The molecule has 1 aliphatic rings. The molecule has 0 aliphatic heterocycles. The van der Waals surface area contributed by atoms with Gasteiger partial charge < -0.3 is 0 Å². The van der Waals surface area contributed by atoms with Crippen LogP contribution in [0.15, 0.2) is 18.2 Å². The van der Waals surface area contributed by atoms with Crippen LogP contribution in [-0.2, 0) is 12.8 Å². The number of halogens is 2. The molecule has 90 valence electrons. The van der Waals surface area contributed by atoms with Gasteiger partial charge in [-0.3, -0.25) is 0 Å². The van der Waals surface area contributed by atoms with E-state index in [-0.39, 0.29) is 0 Å². The molecule has 0 bridgehead atoms. The maximum absolute atomic E-state index is 5.99. The highest BCUT2D eigenvalue weighted by molar-refractivity contribution is 9.09. The number of hydrogen-bond donors (Lipinski definition) is 0. The quantitative estimate of drug-likeness (QED) is 0.600. The minimum absolute atomic E-state index is 0.315. The van der Waals surface area contributed by atoms with Crippen LogP contribution >= 0.6 is 50.2 Å². The average molecular weight is 348 g/mol. The van der Waals surface area contributed by atoms with Gasteiger partial charge in [0.2, 0.25) is 0 Å². The fourth-order valence-corrected chi connectivity index (χ4v) is 5.48. The fourth-order valence-electron chi connectivity index (χ4n) is 2.24. The van der Waals surface area contributed by atoms with Crippen LogP contribution in [0.3, 0.4) is 0 Å². The van der Waals surface area contributed by atoms with Gasteiger partial charge in [-0.25, -0.2) is 0 Å². The summed E-state index contributed by atoms with van der Waals surface area (Å²) in [5.74, 6) is 0. The molecule has 0 N–H and O–H groups in total. The standard InChI is InChI=1S/C13H12BrClS2/c14-13(10-5-6-12(15)17-10)11-7-8-3-1-2-4-9(8)16-11/h5-7,13H,1-4H2. The first-order valence-electron chi connectivity index (χ1n) is 5.75. The summed E-state index contributed by atoms with van der Waals surface area (Å²) < 4.78 is 0.866. The lowest BCUT2D eigenvalue weighted by Gasteiger charge is -2.08. The van der Waals surface area contributed by atoms with E-state index in [1.165, 1.54) is 35.4 Å². The summed E-state index contributed by atoms with van der Waals surface area (Å²) in [4.78, 5) is 4.64. The van der Waals surface area contributed by atoms with Gasteiger partial charge in [0.05, 0.1) is 9.16 Å². The molecule has 0 saturated carbocycles. The van der Waals surface area contributed by atoms with Crippen molar-refractivity contribution in [1.29, 1.82) is 0 Å². The molecule has 1 aliphatic carbocycles. The zero-order valence-corrected chi connectivity index (χ0v) is 13.2. The van der Waals surface area contributed by atoms with E-state index in [0.717, 1.165) is 4.34 Å². The van der Waals surface area contributed by atoms with Crippen LogP contribution in [0, 0.1) is 0 Å². The van der Waals surface area contributed by atoms with Gasteiger partial charge in [-0.05, 0) is 49.4 Å². The van der Waals surface area contributed by atoms with E-state index in [0.29, 0.717) is 4.83 Å². The Morgan fingerprint density at radius 2 is 1.94 bits per heavy atom. The highest BCUT2D eigenvalue weighted by Gasteiger charge is 2.19. The van der Waals surface area contributed by atoms with Crippen LogP contribution in [0.1, 0.15) is 37.9 Å². The van der Waals surface area contributed by atoms with Crippen LogP contribution in [-0.4, -0.2) is 0 Å². The van der Waals surface area contributed by atoms with E-state index in [1.807, 2.05) is 17.4 Å². The molecule has 0 saturated heterocycles. The maximum atomic E-state index is 5.99. The summed E-state index contributed by atoms with van der Waals surface area (Å²) in [6.45, 7) is 0. The summed E-state index contributed by atoms with van der Waals surface area (Å²) in [5, 5.41) is 0. The molecule has 1 unspecified atom stereocenters. The van der Waals surface area contributed by atoms with Crippen molar-refractivity contribution in [3.05, 3.63) is 42.7 Å². The van der Waals surface area contributed by atoms with Crippen molar-refractivity contribution in [2.24, 2.45) is 0 Å². The predicted molar refractivity (Wildman–Crippen MR) is 81.1 cm³/mol. The van der Waals surface area contributed by atoms with E-state index in [2.05, 4.69) is 28.1 Å². The summed E-state index contributed by atoms with van der Waals surface area (Å²) in [6, 6.07) is 6.47. The molecule has 17 heavy (non-hydrogen) atoms. The Morgan fingerprint density at radius 3 is 2.65 bits per heavy atom. The van der Waals surface area contributed by atoms with E-state index < -0.39 is 0 Å². The maximum Gasteiger partial charge on any atom is 0.0931 e. The zero-order valence-electron chi connectivity index (χ0n) is 9.21. The molecule has 0 amide bonds. The van der Waals surface area contributed by atoms with Crippen molar-refractivity contribution >= 4 is 50.2 Å². The summed E-state index contributed by atoms with van der Waals surface area (Å²) in [6.07, 6.45) is 5.23. The molecule has 2 aromatic rings. The molecule has 4 heteroatoms. The van der Waals surface area contributed by atoms with Gasteiger partial charge in [0.25, 0.3) is 0 Å². The first-order valence-corrected chi connectivity index (χ1v) is 8.67. The van der Waals surface area contributed by atoms with Crippen molar-refractivity contribution in [2.45, 2.75) is 30.5 Å². The molecule has 0 aromatic carbocycles. The predicted octanol–water partition coefficient (Wildman–Crippen LogP) is 5.83. The van der Waals surface area contributed by atoms with Gasteiger partial charge in [-0.2, -0.15) is 0 Å². The molecular formula is C13H12BrClS2. The van der Waals surface area contributed by atoms with Gasteiger partial charge in [0, 0.05) is 14.6 Å². The lowest BCUT2D eigenvalue weighted by molar-refractivity contribution is 0.697. The monoisotopic (exact) mass is 346 g/mol. The van der Waals surface area contributed by atoms with Crippen molar-refractivity contribution in [3.63, 3.8) is 0 Å². The molecule has 3 rings (SSSR count). The summed E-state index contributed by atoms with van der Waals surface area (Å²) >= 11 is 13.4. The van der Waals surface area contributed by atoms with Gasteiger partial charge in [0.15, 0.2) is 0 Å². The summed E-state index contributed by atoms with van der Waals surface area (Å²) in [7, 11) is 0. The molecule has 2 aromatic heterocycles. The van der Waals surface area contributed by atoms with E-state index in [4.69, 9.17) is 11.6 Å². The van der Waals surface area contributed by atoms with Crippen molar-refractivity contribution in [3.8, 4) is 0 Å². The van der Waals surface area contributed by atoms with E-state index in [1.54, 1.807) is 21.8 Å². The topological polar surface area (TPSA) is 0 Å². The van der Waals surface area contributed by atoms with Crippen molar-refractivity contribution in [1.82, 2.24) is 0 Å². The largest absolute Gasteiger partial charge is 0.144 e. The molecular weight excluding hydrogens is 336 g/mol. The lowest BCUT2D eigenvalue weighted by atomic mass is 9.99. The number of rotatable bonds is 2. The second-order valence-electron chi connectivity index (χ2n) is 4.31. The molecule has 0 spiro atoms. The third-order valence-electron chi connectivity index (χ3n) is 3.11. The van der Waals surface area contributed by atoms with Crippen molar-refractivity contribution in [2.75, 3.05) is 0 Å². The second-order valence-corrected chi connectivity index (χ2v) is 8.14. The summed E-state index contributed by atoms with van der Waals surface area (Å²) in [5.41, 5.74) is 1.57. The van der Waals surface area contributed by atoms with Crippen molar-refractivity contribution < 1.29 is 0 Å². The Labute approximate surface area is 123 Å². The Bertz CT molecular complexity index is 506. The van der Waals surface area contributed by atoms with Crippen LogP contribution in [0.4, 0.5) is 0 Å². The zero-order chi connectivity index (χ0) is 11.8. The Morgan fingerprint density at radius 1 is 1.12 bits per heavy atom. The first kappa shape index (κ1) is 12.2. The number of hydrogen-bond acceptors (Lipinski definition) is 2. The number of thiophene rings is 2.